The molecule has 0 aliphatic carbocycles. The monoisotopic (exact) mass is 530 g/mol. The predicted molar refractivity (Wildman–Crippen MR) is 137 cm³/mol. The summed E-state index contributed by atoms with van der Waals surface area (Å²) in [5, 5.41) is 2.64. The Morgan fingerprint density at radius 3 is 2.24 bits per heavy atom. The number of benzene rings is 2. The number of alkyl halides is 3. The van der Waals surface area contributed by atoms with Crippen LogP contribution in [0, 0.1) is 5.41 Å². The molecular formula is C28H33F3N4O3. The van der Waals surface area contributed by atoms with E-state index in [0.717, 1.165) is 17.8 Å². The molecule has 2 aromatic rings. The Morgan fingerprint density at radius 1 is 0.974 bits per heavy atom. The Morgan fingerprint density at radius 2 is 1.63 bits per heavy atom. The zero-order chi connectivity index (χ0) is 27.7. The molecule has 3 amide bonds. The van der Waals surface area contributed by atoms with Crippen LogP contribution in [-0.4, -0.2) is 59.4 Å². The first kappa shape index (κ1) is 27.5. The van der Waals surface area contributed by atoms with Crippen molar-refractivity contribution in [2.45, 2.75) is 51.9 Å². The van der Waals surface area contributed by atoms with Crippen LogP contribution in [0.5, 0.6) is 0 Å². The molecule has 1 spiro atoms. The average Bonchev–Trinajstić information content (AvgIpc) is 3.13. The maximum Gasteiger partial charge on any atom is 0.416 e. The fourth-order valence-electron chi connectivity index (χ4n) is 5.16. The number of carbonyl (C=O) groups is 3. The zero-order valence-electron chi connectivity index (χ0n) is 21.8. The van der Waals surface area contributed by atoms with Gasteiger partial charge in [-0.25, -0.2) is 0 Å². The SMILES string of the molecule is CC(C)(C)C(=O)N1CCC2(CC1)C(=O)N(CC(=O)NCc1cccc(C(F)(F)F)c1)CN2c1ccccc1. The molecule has 4 rings (SSSR count). The summed E-state index contributed by atoms with van der Waals surface area (Å²) in [7, 11) is 0. The number of nitrogens with zero attached hydrogens (tertiary/aromatic N) is 3. The fourth-order valence-corrected chi connectivity index (χ4v) is 5.16. The van der Waals surface area contributed by atoms with Crippen LogP contribution in [0.2, 0.25) is 0 Å². The van der Waals surface area contributed by atoms with Gasteiger partial charge in [-0.15, -0.1) is 0 Å². The number of carbonyl (C=O) groups excluding carboxylic acids is 3. The van der Waals surface area contributed by atoms with Crippen molar-refractivity contribution in [2.24, 2.45) is 5.41 Å². The highest BCUT2D eigenvalue weighted by Crippen LogP contribution is 2.40. The van der Waals surface area contributed by atoms with Gasteiger partial charge in [-0.1, -0.05) is 51.1 Å². The molecule has 0 bridgehead atoms. The summed E-state index contributed by atoms with van der Waals surface area (Å²) in [5.41, 5.74) is -1.01. The number of anilines is 1. The molecule has 0 saturated carbocycles. The Balaban J connectivity index is 1.47. The summed E-state index contributed by atoms with van der Waals surface area (Å²) in [4.78, 5) is 44.7. The van der Waals surface area contributed by atoms with E-state index in [2.05, 4.69) is 5.32 Å². The van der Waals surface area contributed by atoms with E-state index in [9.17, 15) is 27.6 Å². The molecule has 2 aliphatic heterocycles. The summed E-state index contributed by atoms with van der Waals surface area (Å²) in [5.74, 6) is -0.602. The maximum atomic E-state index is 13.8. The van der Waals surface area contributed by atoms with Crippen molar-refractivity contribution >= 4 is 23.4 Å². The molecule has 2 fully saturated rings. The fraction of sp³-hybridized carbons (Fsp3) is 0.464. The highest BCUT2D eigenvalue weighted by Gasteiger charge is 2.54. The molecule has 10 heteroatoms. The third kappa shape index (κ3) is 5.63. The lowest BCUT2D eigenvalue weighted by Crippen LogP contribution is -2.58. The van der Waals surface area contributed by atoms with Crippen LogP contribution in [0.1, 0.15) is 44.7 Å². The van der Waals surface area contributed by atoms with Gasteiger partial charge in [0.2, 0.25) is 11.8 Å². The minimum Gasteiger partial charge on any atom is -0.350 e. The van der Waals surface area contributed by atoms with Crippen LogP contribution < -0.4 is 10.2 Å². The standard InChI is InChI=1S/C28H33F3N4O3/c1-26(2,3)24(37)33-14-12-27(13-15-33)25(38)34(19-35(27)22-10-5-4-6-11-22)18-23(36)32-17-20-8-7-9-21(16-20)28(29,30)31/h4-11,16H,12-15,17-19H2,1-3H3,(H,32,36). The Labute approximate surface area is 220 Å². The number of nitrogens with one attached hydrogen (secondary N) is 1. The molecule has 0 atom stereocenters. The number of para-hydroxylation sites is 1. The number of rotatable bonds is 5. The number of piperidine rings is 1. The topological polar surface area (TPSA) is 73.0 Å². The number of hydrogen-bond donors (Lipinski definition) is 1. The largest absolute Gasteiger partial charge is 0.416 e. The van der Waals surface area contributed by atoms with Gasteiger partial charge in [0.15, 0.2) is 0 Å². The molecule has 204 valence electrons. The van der Waals surface area contributed by atoms with E-state index in [1.54, 1.807) is 4.90 Å². The van der Waals surface area contributed by atoms with Gasteiger partial charge in [0.05, 0.1) is 12.2 Å². The van der Waals surface area contributed by atoms with Crippen LogP contribution in [0.3, 0.4) is 0 Å². The number of hydrogen-bond acceptors (Lipinski definition) is 4. The normalized spacial score (nSPS) is 17.7. The third-order valence-electron chi connectivity index (χ3n) is 7.18. The maximum absolute atomic E-state index is 13.8. The number of likely N-dealkylation sites (tertiary alicyclic amines) is 1. The van der Waals surface area contributed by atoms with Crippen molar-refractivity contribution in [3.8, 4) is 0 Å². The van der Waals surface area contributed by atoms with Crippen molar-refractivity contribution in [3.63, 3.8) is 0 Å². The highest BCUT2D eigenvalue weighted by molar-refractivity contribution is 5.96. The first-order valence-electron chi connectivity index (χ1n) is 12.7. The van der Waals surface area contributed by atoms with Crippen LogP contribution in [0.4, 0.5) is 18.9 Å². The van der Waals surface area contributed by atoms with Crippen LogP contribution in [-0.2, 0) is 27.1 Å². The molecule has 2 saturated heterocycles. The summed E-state index contributed by atoms with van der Waals surface area (Å²) >= 11 is 0. The summed E-state index contributed by atoms with van der Waals surface area (Å²) in [6.07, 6.45) is -3.60. The molecular weight excluding hydrogens is 497 g/mol. The van der Waals surface area contributed by atoms with Crippen molar-refractivity contribution < 1.29 is 27.6 Å². The smallest absolute Gasteiger partial charge is 0.350 e. The number of amides is 3. The summed E-state index contributed by atoms with van der Waals surface area (Å²) in [6, 6.07) is 14.3. The van der Waals surface area contributed by atoms with E-state index in [-0.39, 0.29) is 31.6 Å². The Hall–Kier alpha value is -3.56. The molecule has 7 nitrogen and oxygen atoms in total. The van der Waals surface area contributed by atoms with Gasteiger partial charge in [0.25, 0.3) is 5.91 Å². The van der Waals surface area contributed by atoms with E-state index in [1.807, 2.05) is 56.0 Å². The Kier molecular flexibility index (Phi) is 7.45. The van der Waals surface area contributed by atoms with Crippen LogP contribution >= 0.6 is 0 Å². The molecule has 1 N–H and O–H groups in total. The van der Waals surface area contributed by atoms with Gasteiger partial charge >= 0.3 is 6.18 Å². The predicted octanol–water partition coefficient (Wildman–Crippen LogP) is 4.04. The van der Waals surface area contributed by atoms with E-state index in [1.165, 1.54) is 17.0 Å². The molecule has 38 heavy (non-hydrogen) atoms. The van der Waals surface area contributed by atoms with E-state index >= 15 is 0 Å². The lowest BCUT2D eigenvalue weighted by molar-refractivity contribution is -0.144. The third-order valence-corrected chi connectivity index (χ3v) is 7.18. The second-order valence-electron chi connectivity index (χ2n) is 11.0. The van der Waals surface area contributed by atoms with Crippen molar-refractivity contribution in [3.05, 3.63) is 65.7 Å². The average molecular weight is 531 g/mol. The van der Waals surface area contributed by atoms with Gasteiger partial charge in [-0.3, -0.25) is 14.4 Å². The van der Waals surface area contributed by atoms with Gasteiger partial charge < -0.3 is 20.0 Å². The first-order chi connectivity index (χ1) is 17.8. The van der Waals surface area contributed by atoms with E-state index < -0.39 is 28.6 Å². The van der Waals surface area contributed by atoms with Gasteiger partial charge in [-0.05, 0) is 42.7 Å². The molecule has 2 aromatic carbocycles. The molecule has 2 heterocycles. The van der Waals surface area contributed by atoms with E-state index in [0.29, 0.717) is 31.5 Å². The Bertz CT molecular complexity index is 1190. The van der Waals surface area contributed by atoms with Crippen LogP contribution in [0.25, 0.3) is 0 Å². The van der Waals surface area contributed by atoms with Gasteiger partial charge in [0, 0.05) is 30.7 Å². The minimum atomic E-state index is -4.47. The second-order valence-corrected chi connectivity index (χ2v) is 11.0. The van der Waals surface area contributed by atoms with Gasteiger partial charge in [-0.2, -0.15) is 13.2 Å². The van der Waals surface area contributed by atoms with Crippen molar-refractivity contribution in [1.29, 1.82) is 0 Å². The van der Waals surface area contributed by atoms with Gasteiger partial charge in [0.1, 0.15) is 12.1 Å². The second kappa shape index (κ2) is 10.3. The van der Waals surface area contributed by atoms with Crippen molar-refractivity contribution in [2.75, 3.05) is 31.2 Å². The lowest BCUT2D eigenvalue weighted by atomic mass is 9.84. The van der Waals surface area contributed by atoms with E-state index in [4.69, 9.17) is 0 Å². The summed E-state index contributed by atoms with van der Waals surface area (Å²) in [6.45, 7) is 6.38. The highest BCUT2D eigenvalue weighted by atomic mass is 19.4. The van der Waals surface area contributed by atoms with Crippen LogP contribution in [0.15, 0.2) is 54.6 Å². The first-order valence-corrected chi connectivity index (χ1v) is 12.7. The molecule has 0 unspecified atom stereocenters. The zero-order valence-corrected chi connectivity index (χ0v) is 21.8. The summed E-state index contributed by atoms with van der Waals surface area (Å²) < 4.78 is 39.0. The molecule has 0 aromatic heterocycles. The molecule has 2 aliphatic rings. The molecule has 0 radical (unpaired) electrons. The quantitative estimate of drug-likeness (QED) is 0.634. The van der Waals surface area contributed by atoms with Crippen molar-refractivity contribution in [1.82, 2.24) is 15.1 Å². The lowest BCUT2D eigenvalue weighted by Gasteiger charge is -2.44. The minimum absolute atomic E-state index is 0.0369. The number of halogens is 3.